The lowest BCUT2D eigenvalue weighted by atomic mass is 10.00. The summed E-state index contributed by atoms with van der Waals surface area (Å²) >= 11 is 6.82. The summed E-state index contributed by atoms with van der Waals surface area (Å²) in [6.07, 6.45) is 2.15. The zero-order chi connectivity index (χ0) is 26.9. The van der Waals surface area contributed by atoms with Gasteiger partial charge in [-0.2, -0.15) is 0 Å². The molecule has 1 aromatic heterocycles. The van der Waals surface area contributed by atoms with E-state index in [0.29, 0.717) is 32.0 Å². The Labute approximate surface area is 225 Å². The minimum absolute atomic E-state index is 0.0203. The Kier molecular flexibility index (Phi) is 5.80. The maximum atomic E-state index is 15.0. The van der Waals surface area contributed by atoms with Crippen LogP contribution in [0.3, 0.4) is 0 Å². The molecule has 2 aromatic rings. The number of pyridine rings is 1. The monoisotopic (exact) mass is 541 g/mol. The molecule has 2 bridgehead atoms. The van der Waals surface area contributed by atoms with Gasteiger partial charge in [0.1, 0.15) is 40.3 Å². The molecule has 1 unspecified atom stereocenters. The smallest absolute Gasteiger partial charge is 0.261 e. The molecule has 0 aliphatic carbocycles. The molecule has 4 aliphatic rings. The highest BCUT2D eigenvalue weighted by atomic mass is 35.5. The zero-order valence-electron chi connectivity index (χ0n) is 21.3. The summed E-state index contributed by atoms with van der Waals surface area (Å²) < 4.78 is 21.3. The summed E-state index contributed by atoms with van der Waals surface area (Å²) in [6, 6.07) is 3.87. The van der Waals surface area contributed by atoms with E-state index in [2.05, 4.69) is 30.4 Å². The highest BCUT2D eigenvalue weighted by molar-refractivity contribution is 6.35. The van der Waals surface area contributed by atoms with E-state index in [0.717, 1.165) is 13.0 Å². The van der Waals surface area contributed by atoms with E-state index in [1.165, 1.54) is 24.3 Å². The summed E-state index contributed by atoms with van der Waals surface area (Å²) in [5.74, 6) is -1.00. The van der Waals surface area contributed by atoms with Crippen LogP contribution in [0.25, 0.3) is 11.3 Å². The van der Waals surface area contributed by atoms with E-state index in [1.807, 2.05) is 0 Å². The van der Waals surface area contributed by atoms with Gasteiger partial charge in [-0.15, -0.1) is 0 Å². The van der Waals surface area contributed by atoms with E-state index < -0.39 is 11.9 Å². The minimum Gasteiger partial charge on any atom is -0.507 e. The number of ether oxygens (including phenoxy) is 1. The van der Waals surface area contributed by atoms with Crippen molar-refractivity contribution in [1.29, 1.82) is 0 Å². The second-order valence-electron chi connectivity index (χ2n) is 10.8. The van der Waals surface area contributed by atoms with Crippen molar-refractivity contribution < 1.29 is 23.8 Å². The second-order valence-corrected chi connectivity index (χ2v) is 11.1. The van der Waals surface area contributed by atoms with Crippen LogP contribution < -0.4 is 9.64 Å². The fourth-order valence-electron chi connectivity index (χ4n) is 6.45. The van der Waals surface area contributed by atoms with Gasteiger partial charge in [-0.1, -0.05) is 24.2 Å². The average molecular weight is 542 g/mol. The van der Waals surface area contributed by atoms with Gasteiger partial charge >= 0.3 is 0 Å². The Morgan fingerprint density at radius 3 is 2.74 bits per heavy atom. The molecular weight excluding hydrogens is 513 g/mol. The van der Waals surface area contributed by atoms with E-state index in [4.69, 9.17) is 21.3 Å². The topological polar surface area (TPSA) is 89.5 Å². The predicted octanol–water partition coefficient (Wildman–Crippen LogP) is 2.76. The summed E-state index contributed by atoms with van der Waals surface area (Å²) in [6.45, 7) is 8.18. The third kappa shape index (κ3) is 3.65. The fourth-order valence-corrected chi connectivity index (χ4v) is 6.74. The van der Waals surface area contributed by atoms with Crippen molar-refractivity contribution in [2.24, 2.45) is 0 Å². The van der Waals surface area contributed by atoms with Crippen LogP contribution in [0.2, 0.25) is 5.02 Å². The van der Waals surface area contributed by atoms with Crippen LogP contribution in [-0.4, -0.2) is 101 Å². The molecule has 0 saturated carbocycles. The average Bonchev–Trinajstić information content (AvgIpc) is 3.33. The minimum atomic E-state index is -0.685. The number of fused-ring (bicyclic) bond motifs is 4. The van der Waals surface area contributed by atoms with Crippen LogP contribution in [0.1, 0.15) is 23.7 Å². The van der Waals surface area contributed by atoms with Crippen LogP contribution in [-0.2, 0) is 4.79 Å². The quantitative estimate of drug-likeness (QED) is 0.598. The molecule has 0 radical (unpaired) electrons. The van der Waals surface area contributed by atoms with Crippen LogP contribution in [0.15, 0.2) is 30.9 Å². The van der Waals surface area contributed by atoms with Crippen LogP contribution in [0.5, 0.6) is 11.5 Å². The molecule has 5 heterocycles. The number of likely N-dealkylation sites (tertiary alicyclic amines) is 1. The Hall–Kier alpha value is -3.37. The molecule has 11 heteroatoms. The molecule has 3 atom stereocenters. The molecule has 200 valence electrons. The number of amides is 2. The summed E-state index contributed by atoms with van der Waals surface area (Å²) in [5, 5.41) is 10.5. The van der Waals surface area contributed by atoms with Gasteiger partial charge < -0.3 is 24.5 Å². The molecule has 38 heavy (non-hydrogen) atoms. The number of piperazine rings is 2. The van der Waals surface area contributed by atoms with Crippen molar-refractivity contribution in [2.45, 2.75) is 31.0 Å². The van der Waals surface area contributed by atoms with Gasteiger partial charge in [0.15, 0.2) is 5.75 Å². The van der Waals surface area contributed by atoms with Crippen LogP contribution in [0, 0.1) is 5.82 Å². The highest BCUT2D eigenvalue weighted by Crippen LogP contribution is 2.49. The lowest BCUT2D eigenvalue weighted by Crippen LogP contribution is -2.57. The number of nitrogens with zero attached hydrogens (tertiary/aromatic N) is 5. The Bertz CT molecular complexity index is 1350. The largest absolute Gasteiger partial charge is 0.507 e. The van der Waals surface area contributed by atoms with Crippen molar-refractivity contribution in [3.63, 3.8) is 0 Å². The molecule has 3 fully saturated rings. The number of carbonyl (C=O) groups excluding carboxylic acids is 2. The van der Waals surface area contributed by atoms with E-state index in [1.54, 1.807) is 9.80 Å². The molecular formula is C27H29ClFN5O4. The number of halogens is 2. The van der Waals surface area contributed by atoms with Crippen molar-refractivity contribution in [3.8, 4) is 22.8 Å². The predicted molar refractivity (Wildman–Crippen MR) is 140 cm³/mol. The lowest BCUT2D eigenvalue weighted by molar-refractivity contribution is -0.128. The lowest BCUT2D eigenvalue weighted by Gasteiger charge is -2.42. The molecule has 0 spiro atoms. The third-order valence-electron chi connectivity index (χ3n) is 8.36. The van der Waals surface area contributed by atoms with Crippen LogP contribution in [0.4, 0.5) is 10.2 Å². The number of aromatic hydroxyl groups is 1. The second kappa shape index (κ2) is 8.84. The summed E-state index contributed by atoms with van der Waals surface area (Å²) in [5.41, 5.74) is -0.193. The van der Waals surface area contributed by atoms with Crippen molar-refractivity contribution in [2.75, 3.05) is 51.3 Å². The number of benzene rings is 1. The summed E-state index contributed by atoms with van der Waals surface area (Å²) in [7, 11) is 2.08. The molecule has 4 aliphatic heterocycles. The van der Waals surface area contributed by atoms with Gasteiger partial charge in [0, 0.05) is 38.8 Å². The number of carbonyl (C=O) groups is 2. The van der Waals surface area contributed by atoms with Crippen molar-refractivity contribution in [1.82, 2.24) is 19.7 Å². The first-order valence-corrected chi connectivity index (χ1v) is 13.0. The van der Waals surface area contributed by atoms with Gasteiger partial charge in [0.25, 0.3) is 5.91 Å². The number of hydrogen-bond acceptors (Lipinski definition) is 7. The van der Waals surface area contributed by atoms with E-state index in [-0.39, 0.29) is 63.3 Å². The van der Waals surface area contributed by atoms with Gasteiger partial charge in [-0.05, 0) is 38.6 Å². The third-order valence-corrected chi connectivity index (χ3v) is 8.71. The van der Waals surface area contributed by atoms with E-state index in [9.17, 15) is 14.7 Å². The normalized spacial score (nSPS) is 26.6. The molecule has 1 N–H and O–H groups in total. The Morgan fingerprint density at radius 1 is 1.29 bits per heavy atom. The number of phenolic OH excluding ortho intramolecular Hbond substituents is 1. The number of hydrogen-bond donors (Lipinski definition) is 1. The standard InChI is InChI=1S/C27H29ClFN5O4/c1-4-19(36)32-8-9-33-16(11-32)13-38-24-21(26(33)37)25(34-12-15-10-27(34,2)14-31(15)3)30-23(22(24)28)20-17(29)6-5-7-18(20)35/h4-7,15-16,35H,1,8-14H2,2-3H3/t15?,16-,27+/m1/s1. The maximum Gasteiger partial charge on any atom is 0.261 e. The highest BCUT2D eigenvalue weighted by Gasteiger charge is 2.53. The first kappa shape index (κ1) is 24.9. The van der Waals surface area contributed by atoms with Gasteiger partial charge in [0.2, 0.25) is 5.91 Å². The Balaban J connectivity index is 1.52. The van der Waals surface area contributed by atoms with E-state index >= 15 is 4.39 Å². The van der Waals surface area contributed by atoms with Gasteiger partial charge in [-0.3, -0.25) is 14.5 Å². The Morgan fingerprint density at radius 2 is 2.08 bits per heavy atom. The molecule has 2 amide bonds. The number of aromatic nitrogens is 1. The SMILES string of the molecule is C=CC(=O)N1CCN2C(=O)c3c(N4CC5C[C@@]4(C)CN5C)nc(-c4c(O)cccc4F)c(Cl)c3OC[C@H]2C1. The molecule has 9 nitrogen and oxygen atoms in total. The first-order chi connectivity index (χ1) is 18.1. The summed E-state index contributed by atoms with van der Waals surface area (Å²) in [4.78, 5) is 39.0. The number of phenols is 1. The maximum absolute atomic E-state index is 15.0. The fraction of sp³-hybridized carbons (Fsp3) is 0.444. The van der Waals surface area contributed by atoms with Gasteiger partial charge in [-0.25, -0.2) is 9.37 Å². The first-order valence-electron chi connectivity index (χ1n) is 12.7. The molecule has 1 aromatic carbocycles. The number of anilines is 1. The number of rotatable bonds is 3. The molecule has 3 saturated heterocycles. The van der Waals surface area contributed by atoms with Crippen molar-refractivity contribution in [3.05, 3.63) is 47.3 Å². The number of likely N-dealkylation sites (N-methyl/N-ethyl adjacent to an activating group) is 1. The van der Waals surface area contributed by atoms with Crippen molar-refractivity contribution >= 4 is 29.2 Å². The zero-order valence-corrected chi connectivity index (χ0v) is 22.0. The molecule has 6 rings (SSSR count). The van der Waals surface area contributed by atoms with Crippen LogP contribution >= 0.6 is 11.6 Å². The van der Waals surface area contributed by atoms with Gasteiger partial charge in [0.05, 0.1) is 17.1 Å².